The highest BCUT2D eigenvalue weighted by atomic mass is 16.1. The molecule has 0 atom stereocenters. The zero-order valence-corrected chi connectivity index (χ0v) is 15.5. The highest BCUT2D eigenvalue weighted by molar-refractivity contribution is 5.75. The fraction of sp³-hybridized carbons (Fsp3) is 0.947. The van der Waals surface area contributed by atoms with E-state index in [9.17, 15) is 4.79 Å². The van der Waals surface area contributed by atoms with E-state index in [1.807, 2.05) is 6.92 Å². The van der Waals surface area contributed by atoms with Crippen molar-refractivity contribution in [2.75, 3.05) is 39.3 Å². The summed E-state index contributed by atoms with van der Waals surface area (Å²) in [6.45, 7) is 13.6. The van der Waals surface area contributed by atoms with Crippen molar-refractivity contribution >= 4 is 5.91 Å². The number of nitrogens with one attached hydrogen (secondary N) is 1. The number of hydrogen-bond acceptors (Lipinski definition) is 3. The molecule has 0 spiro atoms. The summed E-state index contributed by atoms with van der Waals surface area (Å²) in [5.41, 5.74) is 0. The van der Waals surface area contributed by atoms with Gasteiger partial charge in [-0.15, -0.1) is 0 Å². The minimum Gasteiger partial charge on any atom is -0.356 e. The number of piperidine rings is 2. The third-order valence-corrected chi connectivity index (χ3v) is 5.84. The van der Waals surface area contributed by atoms with Crippen LogP contribution in [0.3, 0.4) is 0 Å². The van der Waals surface area contributed by atoms with Gasteiger partial charge >= 0.3 is 0 Å². The topological polar surface area (TPSA) is 35.6 Å². The van der Waals surface area contributed by atoms with E-state index in [2.05, 4.69) is 29.0 Å². The van der Waals surface area contributed by atoms with Crippen LogP contribution in [0.5, 0.6) is 0 Å². The Bertz CT molecular complexity index is 343. The van der Waals surface area contributed by atoms with Gasteiger partial charge in [0.05, 0.1) is 0 Å². The molecular weight excluding hydrogens is 286 g/mol. The van der Waals surface area contributed by atoms with E-state index in [1.54, 1.807) is 0 Å². The molecule has 0 saturated carbocycles. The number of likely N-dealkylation sites (tertiary alicyclic amines) is 2. The molecule has 0 aliphatic carbocycles. The maximum Gasteiger partial charge on any atom is 0.220 e. The second-order valence-electron chi connectivity index (χ2n) is 7.75. The summed E-state index contributed by atoms with van der Waals surface area (Å²) in [7, 11) is 0. The zero-order chi connectivity index (χ0) is 16.7. The molecule has 2 fully saturated rings. The fourth-order valence-corrected chi connectivity index (χ4v) is 4.21. The average molecular weight is 324 g/mol. The van der Waals surface area contributed by atoms with Gasteiger partial charge in [0.15, 0.2) is 0 Å². The summed E-state index contributed by atoms with van der Waals surface area (Å²) in [4.78, 5) is 16.8. The lowest BCUT2D eigenvalue weighted by molar-refractivity contribution is -0.121. The predicted molar refractivity (Wildman–Crippen MR) is 96.5 cm³/mol. The van der Waals surface area contributed by atoms with Crippen LogP contribution in [-0.2, 0) is 4.79 Å². The van der Waals surface area contributed by atoms with Gasteiger partial charge < -0.3 is 15.1 Å². The number of amides is 1. The SMILES string of the molecule is CCNC(=O)CCCN1CCC(N2CCC(C(C)C)CC2)CC1. The Kier molecular flexibility index (Phi) is 7.84. The van der Waals surface area contributed by atoms with Crippen molar-refractivity contribution in [1.29, 1.82) is 0 Å². The van der Waals surface area contributed by atoms with Gasteiger partial charge in [0.2, 0.25) is 5.91 Å². The monoisotopic (exact) mass is 323 g/mol. The molecule has 23 heavy (non-hydrogen) atoms. The van der Waals surface area contributed by atoms with E-state index >= 15 is 0 Å². The first kappa shape index (κ1) is 18.7. The van der Waals surface area contributed by atoms with E-state index in [-0.39, 0.29) is 5.91 Å². The largest absolute Gasteiger partial charge is 0.356 e. The van der Waals surface area contributed by atoms with Gasteiger partial charge in [-0.1, -0.05) is 13.8 Å². The molecule has 0 bridgehead atoms. The molecule has 0 unspecified atom stereocenters. The van der Waals surface area contributed by atoms with Crippen LogP contribution in [0.15, 0.2) is 0 Å². The molecule has 0 radical (unpaired) electrons. The van der Waals surface area contributed by atoms with Gasteiger partial charge in [0.1, 0.15) is 0 Å². The predicted octanol–water partition coefficient (Wildman–Crippen LogP) is 2.74. The van der Waals surface area contributed by atoms with Gasteiger partial charge in [-0.25, -0.2) is 0 Å². The van der Waals surface area contributed by atoms with E-state index in [1.165, 1.54) is 51.9 Å². The first-order valence-corrected chi connectivity index (χ1v) is 9.83. The van der Waals surface area contributed by atoms with E-state index in [0.717, 1.165) is 37.4 Å². The van der Waals surface area contributed by atoms with E-state index in [0.29, 0.717) is 6.42 Å². The minimum atomic E-state index is 0.204. The molecular formula is C19H37N3O. The zero-order valence-electron chi connectivity index (χ0n) is 15.5. The fourth-order valence-electron chi connectivity index (χ4n) is 4.21. The molecule has 1 amide bonds. The van der Waals surface area contributed by atoms with Gasteiger partial charge in [0, 0.05) is 19.0 Å². The van der Waals surface area contributed by atoms with Gasteiger partial charge in [-0.3, -0.25) is 4.79 Å². The van der Waals surface area contributed by atoms with Crippen LogP contribution in [0, 0.1) is 11.8 Å². The van der Waals surface area contributed by atoms with Crippen molar-refractivity contribution in [3.05, 3.63) is 0 Å². The quantitative estimate of drug-likeness (QED) is 0.782. The van der Waals surface area contributed by atoms with Crippen molar-refractivity contribution in [1.82, 2.24) is 15.1 Å². The molecule has 4 heteroatoms. The summed E-state index contributed by atoms with van der Waals surface area (Å²) in [6, 6.07) is 0.808. The Morgan fingerprint density at radius 2 is 1.74 bits per heavy atom. The Morgan fingerprint density at radius 3 is 2.30 bits per heavy atom. The lowest BCUT2D eigenvalue weighted by Crippen LogP contribution is -2.48. The van der Waals surface area contributed by atoms with Crippen LogP contribution >= 0.6 is 0 Å². The van der Waals surface area contributed by atoms with Crippen molar-refractivity contribution in [2.24, 2.45) is 11.8 Å². The van der Waals surface area contributed by atoms with Gasteiger partial charge in [-0.2, -0.15) is 0 Å². The molecule has 0 aromatic carbocycles. The van der Waals surface area contributed by atoms with Crippen LogP contribution in [0.25, 0.3) is 0 Å². The lowest BCUT2D eigenvalue weighted by atomic mass is 9.85. The standard InChI is InChI=1S/C19H37N3O/c1-4-20-19(23)6-5-11-21-12-9-18(10-13-21)22-14-7-17(8-15-22)16(2)3/h16-18H,4-15H2,1-3H3,(H,20,23). The van der Waals surface area contributed by atoms with Gasteiger partial charge in [0.25, 0.3) is 0 Å². The summed E-state index contributed by atoms with van der Waals surface area (Å²) in [6.07, 6.45) is 7.09. The Hall–Kier alpha value is -0.610. The number of rotatable bonds is 7. The summed E-state index contributed by atoms with van der Waals surface area (Å²) < 4.78 is 0. The molecule has 2 rings (SSSR count). The Morgan fingerprint density at radius 1 is 1.09 bits per heavy atom. The molecule has 0 aromatic heterocycles. The lowest BCUT2D eigenvalue weighted by Gasteiger charge is -2.42. The summed E-state index contributed by atoms with van der Waals surface area (Å²) in [5, 5.41) is 2.88. The van der Waals surface area contributed by atoms with Crippen molar-refractivity contribution in [3.8, 4) is 0 Å². The molecule has 4 nitrogen and oxygen atoms in total. The van der Waals surface area contributed by atoms with Crippen LogP contribution in [0.2, 0.25) is 0 Å². The number of hydrogen-bond donors (Lipinski definition) is 1. The third-order valence-electron chi connectivity index (χ3n) is 5.84. The molecule has 1 N–H and O–H groups in total. The van der Waals surface area contributed by atoms with Crippen LogP contribution < -0.4 is 5.32 Å². The third kappa shape index (κ3) is 6.07. The maximum atomic E-state index is 11.5. The second kappa shape index (κ2) is 9.63. The molecule has 2 saturated heterocycles. The number of nitrogens with zero attached hydrogens (tertiary/aromatic N) is 2. The summed E-state index contributed by atoms with van der Waals surface area (Å²) in [5.74, 6) is 2.00. The second-order valence-corrected chi connectivity index (χ2v) is 7.75. The van der Waals surface area contributed by atoms with Crippen molar-refractivity contribution in [3.63, 3.8) is 0 Å². The first-order chi connectivity index (χ1) is 11.1. The molecule has 134 valence electrons. The van der Waals surface area contributed by atoms with Crippen LogP contribution in [0.1, 0.15) is 59.3 Å². The molecule has 2 aliphatic rings. The van der Waals surface area contributed by atoms with Gasteiger partial charge in [-0.05, 0) is 83.6 Å². The molecule has 2 heterocycles. The molecule has 0 aromatic rings. The normalized spacial score (nSPS) is 22.6. The number of carbonyl (C=O) groups excluding carboxylic acids is 1. The minimum absolute atomic E-state index is 0.204. The van der Waals surface area contributed by atoms with Crippen molar-refractivity contribution in [2.45, 2.75) is 65.3 Å². The smallest absolute Gasteiger partial charge is 0.220 e. The van der Waals surface area contributed by atoms with E-state index in [4.69, 9.17) is 0 Å². The van der Waals surface area contributed by atoms with Crippen molar-refractivity contribution < 1.29 is 4.79 Å². The highest BCUT2D eigenvalue weighted by Crippen LogP contribution is 2.28. The molecule has 2 aliphatic heterocycles. The number of carbonyl (C=O) groups is 1. The van der Waals surface area contributed by atoms with Crippen LogP contribution in [0.4, 0.5) is 0 Å². The maximum absolute atomic E-state index is 11.5. The van der Waals surface area contributed by atoms with Crippen LogP contribution in [-0.4, -0.2) is 61.0 Å². The Labute approximate surface area is 143 Å². The average Bonchev–Trinajstić information content (AvgIpc) is 2.56. The first-order valence-electron chi connectivity index (χ1n) is 9.83. The Balaban J connectivity index is 1.60. The highest BCUT2D eigenvalue weighted by Gasteiger charge is 2.28. The summed E-state index contributed by atoms with van der Waals surface area (Å²) >= 11 is 0. The van der Waals surface area contributed by atoms with E-state index < -0.39 is 0 Å².